The SMILES string of the molecule is NNC(=O)/C=C/c1cc[c]cc1. The average Bonchev–Trinajstić information content (AvgIpc) is 2.16. The average molecular weight is 161 g/mol. The topological polar surface area (TPSA) is 55.1 Å². The molecule has 1 radical (unpaired) electrons. The van der Waals surface area contributed by atoms with Crippen molar-refractivity contribution in [2.75, 3.05) is 0 Å². The lowest BCUT2D eigenvalue weighted by Gasteiger charge is -1.91. The molecule has 61 valence electrons. The lowest BCUT2D eigenvalue weighted by Crippen LogP contribution is -2.27. The van der Waals surface area contributed by atoms with Gasteiger partial charge in [0, 0.05) is 6.08 Å². The van der Waals surface area contributed by atoms with E-state index in [-0.39, 0.29) is 5.91 Å². The van der Waals surface area contributed by atoms with E-state index in [2.05, 4.69) is 6.07 Å². The smallest absolute Gasteiger partial charge is 0.257 e. The maximum Gasteiger partial charge on any atom is 0.257 e. The summed E-state index contributed by atoms with van der Waals surface area (Å²) in [5.41, 5.74) is 2.94. The number of carbonyl (C=O) groups excluding carboxylic acids is 1. The van der Waals surface area contributed by atoms with E-state index in [1.54, 1.807) is 18.2 Å². The molecule has 1 aromatic rings. The molecule has 0 bridgehead atoms. The van der Waals surface area contributed by atoms with Crippen LogP contribution in [0.15, 0.2) is 30.3 Å². The molecule has 0 aliphatic rings. The molecule has 0 aromatic heterocycles. The van der Waals surface area contributed by atoms with E-state index in [9.17, 15) is 4.79 Å². The zero-order valence-electron chi connectivity index (χ0n) is 6.45. The maximum absolute atomic E-state index is 10.7. The fourth-order valence-corrected chi connectivity index (χ4v) is 0.731. The molecule has 12 heavy (non-hydrogen) atoms. The van der Waals surface area contributed by atoms with Gasteiger partial charge in [0.05, 0.1) is 0 Å². The first-order chi connectivity index (χ1) is 5.83. The van der Waals surface area contributed by atoms with Crippen molar-refractivity contribution in [1.29, 1.82) is 0 Å². The lowest BCUT2D eigenvalue weighted by molar-refractivity contribution is -0.116. The second-order valence-corrected chi connectivity index (χ2v) is 2.18. The molecule has 0 aliphatic heterocycles. The van der Waals surface area contributed by atoms with Gasteiger partial charge in [-0.2, -0.15) is 0 Å². The van der Waals surface area contributed by atoms with Gasteiger partial charge in [0.2, 0.25) is 0 Å². The maximum atomic E-state index is 10.7. The predicted molar refractivity (Wildman–Crippen MR) is 46.6 cm³/mol. The van der Waals surface area contributed by atoms with Crippen LogP contribution < -0.4 is 11.3 Å². The Morgan fingerprint density at radius 3 is 2.75 bits per heavy atom. The number of nitrogens with two attached hydrogens (primary N) is 1. The third-order valence-corrected chi connectivity index (χ3v) is 1.31. The molecular weight excluding hydrogens is 152 g/mol. The monoisotopic (exact) mass is 161 g/mol. The molecular formula is C9H9N2O. The zero-order valence-corrected chi connectivity index (χ0v) is 6.45. The summed E-state index contributed by atoms with van der Waals surface area (Å²) in [6, 6.07) is 10.1. The largest absolute Gasteiger partial charge is 0.291 e. The quantitative estimate of drug-likeness (QED) is 0.287. The van der Waals surface area contributed by atoms with Gasteiger partial charge in [0.15, 0.2) is 0 Å². The number of amides is 1. The van der Waals surface area contributed by atoms with Crippen molar-refractivity contribution in [3.63, 3.8) is 0 Å². The van der Waals surface area contributed by atoms with Gasteiger partial charge in [-0.15, -0.1) is 0 Å². The molecule has 3 nitrogen and oxygen atoms in total. The van der Waals surface area contributed by atoms with Crippen molar-refractivity contribution in [1.82, 2.24) is 5.43 Å². The van der Waals surface area contributed by atoms with Crippen molar-refractivity contribution >= 4 is 12.0 Å². The van der Waals surface area contributed by atoms with Gasteiger partial charge in [0.25, 0.3) is 5.91 Å². The van der Waals surface area contributed by atoms with Gasteiger partial charge in [-0.25, -0.2) is 5.84 Å². The van der Waals surface area contributed by atoms with Crippen LogP contribution in [0.5, 0.6) is 0 Å². The van der Waals surface area contributed by atoms with Crippen LogP contribution in [0.3, 0.4) is 0 Å². The third kappa shape index (κ3) is 2.56. The Balaban J connectivity index is 2.64. The Kier molecular flexibility index (Phi) is 3.04. The Bertz CT molecular complexity index is 280. The van der Waals surface area contributed by atoms with Crippen molar-refractivity contribution in [2.45, 2.75) is 0 Å². The Morgan fingerprint density at radius 2 is 2.17 bits per heavy atom. The van der Waals surface area contributed by atoms with E-state index in [1.165, 1.54) is 6.08 Å². The van der Waals surface area contributed by atoms with E-state index in [0.29, 0.717) is 0 Å². The third-order valence-electron chi connectivity index (χ3n) is 1.31. The van der Waals surface area contributed by atoms with Gasteiger partial charge >= 0.3 is 0 Å². The fourth-order valence-electron chi connectivity index (χ4n) is 0.731. The standard InChI is InChI=1S/C9H9N2O/c10-11-9(12)7-6-8-4-2-1-3-5-8/h2-7H,10H2,(H,11,12)/b7-6+. The highest BCUT2D eigenvalue weighted by atomic mass is 16.2. The molecule has 1 rings (SSSR count). The zero-order chi connectivity index (χ0) is 8.81. The minimum atomic E-state index is -0.317. The number of hydrazine groups is 1. The summed E-state index contributed by atoms with van der Waals surface area (Å²) in [6.45, 7) is 0. The van der Waals surface area contributed by atoms with Crippen molar-refractivity contribution in [3.8, 4) is 0 Å². The molecule has 1 amide bonds. The van der Waals surface area contributed by atoms with Gasteiger partial charge in [-0.05, 0) is 17.7 Å². The van der Waals surface area contributed by atoms with Crippen molar-refractivity contribution in [2.24, 2.45) is 5.84 Å². The predicted octanol–water partition coefficient (Wildman–Crippen LogP) is 0.490. The number of hydrogen-bond donors (Lipinski definition) is 2. The first-order valence-electron chi connectivity index (χ1n) is 3.47. The van der Waals surface area contributed by atoms with Gasteiger partial charge in [-0.1, -0.05) is 24.3 Å². The van der Waals surface area contributed by atoms with Crippen molar-refractivity contribution in [3.05, 3.63) is 42.0 Å². The second-order valence-electron chi connectivity index (χ2n) is 2.18. The summed E-state index contributed by atoms with van der Waals surface area (Å²) in [6.07, 6.45) is 3.05. The van der Waals surface area contributed by atoms with E-state index >= 15 is 0 Å². The Labute approximate surface area is 70.9 Å². The molecule has 0 saturated carbocycles. The highest BCUT2D eigenvalue weighted by Crippen LogP contribution is 1.99. The molecule has 0 saturated heterocycles. The molecule has 0 unspecified atom stereocenters. The molecule has 1 aromatic carbocycles. The first-order valence-corrected chi connectivity index (χ1v) is 3.47. The molecule has 0 atom stereocenters. The highest BCUT2D eigenvalue weighted by Gasteiger charge is 1.88. The second kappa shape index (κ2) is 4.31. The van der Waals surface area contributed by atoms with Crippen LogP contribution in [0.25, 0.3) is 6.08 Å². The molecule has 0 spiro atoms. The fraction of sp³-hybridized carbons (Fsp3) is 0. The Hall–Kier alpha value is -1.61. The molecule has 3 N–H and O–H groups in total. The van der Waals surface area contributed by atoms with Crippen LogP contribution in [-0.2, 0) is 4.79 Å². The summed E-state index contributed by atoms with van der Waals surface area (Å²) in [4.78, 5) is 10.7. The highest BCUT2D eigenvalue weighted by molar-refractivity contribution is 5.91. The van der Waals surface area contributed by atoms with E-state index in [0.717, 1.165) is 5.56 Å². The number of nitrogens with one attached hydrogen (secondary N) is 1. The number of rotatable bonds is 2. The molecule has 0 aliphatic carbocycles. The number of hydrogen-bond acceptors (Lipinski definition) is 2. The number of benzene rings is 1. The van der Waals surface area contributed by atoms with Crippen LogP contribution in [-0.4, -0.2) is 5.91 Å². The normalized spacial score (nSPS) is 10.1. The lowest BCUT2D eigenvalue weighted by atomic mass is 10.2. The van der Waals surface area contributed by atoms with Crippen LogP contribution in [0.1, 0.15) is 5.56 Å². The summed E-state index contributed by atoms with van der Waals surface area (Å²) in [5, 5.41) is 0. The minimum Gasteiger partial charge on any atom is -0.291 e. The van der Waals surface area contributed by atoms with Crippen molar-refractivity contribution < 1.29 is 4.79 Å². The van der Waals surface area contributed by atoms with E-state index in [4.69, 9.17) is 5.84 Å². The minimum absolute atomic E-state index is 0.317. The van der Waals surface area contributed by atoms with Crippen LogP contribution >= 0.6 is 0 Å². The molecule has 0 fully saturated rings. The molecule has 3 heteroatoms. The van der Waals surface area contributed by atoms with Gasteiger partial charge in [0.1, 0.15) is 0 Å². The Morgan fingerprint density at radius 1 is 1.50 bits per heavy atom. The summed E-state index contributed by atoms with van der Waals surface area (Å²) < 4.78 is 0. The molecule has 0 heterocycles. The van der Waals surface area contributed by atoms with E-state index in [1.807, 2.05) is 17.6 Å². The van der Waals surface area contributed by atoms with Crippen LogP contribution in [0.2, 0.25) is 0 Å². The summed E-state index contributed by atoms with van der Waals surface area (Å²) >= 11 is 0. The van der Waals surface area contributed by atoms with Crippen LogP contribution in [0.4, 0.5) is 0 Å². The van der Waals surface area contributed by atoms with Gasteiger partial charge in [-0.3, -0.25) is 10.2 Å². The summed E-state index contributed by atoms with van der Waals surface area (Å²) in [5.74, 6) is 4.56. The van der Waals surface area contributed by atoms with E-state index < -0.39 is 0 Å². The number of carbonyl (C=O) groups is 1. The first kappa shape index (κ1) is 8.49. The summed E-state index contributed by atoms with van der Waals surface area (Å²) in [7, 11) is 0. The van der Waals surface area contributed by atoms with Gasteiger partial charge < -0.3 is 0 Å². The van der Waals surface area contributed by atoms with Crippen LogP contribution in [0, 0.1) is 6.07 Å².